The van der Waals surface area contributed by atoms with E-state index in [0.717, 1.165) is 28.7 Å². The Balaban J connectivity index is 1.51. The van der Waals surface area contributed by atoms with Crippen LogP contribution in [0.25, 0.3) is 22.2 Å². The molecule has 0 bridgehead atoms. The number of nitrogens with one attached hydrogen (secondary N) is 2. The van der Waals surface area contributed by atoms with E-state index < -0.39 is 6.03 Å². The number of anilines is 2. The summed E-state index contributed by atoms with van der Waals surface area (Å²) >= 11 is 0. The molecule has 0 saturated carbocycles. The number of urea groups is 1. The highest BCUT2D eigenvalue weighted by Crippen LogP contribution is 2.24. The first-order valence-electron chi connectivity index (χ1n) is 9.76. The van der Waals surface area contributed by atoms with Crippen LogP contribution in [0.15, 0.2) is 55.1 Å². The fraction of sp³-hybridized carbons (Fsp3) is 0.227. The van der Waals surface area contributed by atoms with Crippen molar-refractivity contribution in [1.82, 2.24) is 24.7 Å². The van der Waals surface area contributed by atoms with E-state index in [1.165, 1.54) is 6.20 Å². The second-order valence-corrected chi connectivity index (χ2v) is 7.55. The van der Waals surface area contributed by atoms with Crippen LogP contribution in [-0.4, -0.2) is 30.8 Å². The number of nitrogens with zero attached hydrogens (tertiary/aromatic N) is 5. The molecule has 2 N–H and O–H groups in total. The first-order chi connectivity index (χ1) is 14.5. The van der Waals surface area contributed by atoms with Gasteiger partial charge in [0.2, 0.25) is 0 Å². The molecule has 0 aliphatic heterocycles. The average molecular weight is 401 g/mol. The molecule has 0 fully saturated rings. The van der Waals surface area contributed by atoms with Crippen LogP contribution in [-0.2, 0) is 6.54 Å². The SMILES string of the molecule is Cc1ccc(NC(=O)Nc2cncc(-c3ccc4c(cnn4CC(C)C)c3)n2)cn1. The van der Waals surface area contributed by atoms with Crippen molar-refractivity contribution in [2.45, 2.75) is 27.3 Å². The Morgan fingerprint density at radius 1 is 1.07 bits per heavy atom. The van der Waals surface area contributed by atoms with Crippen LogP contribution in [0.3, 0.4) is 0 Å². The Morgan fingerprint density at radius 2 is 1.93 bits per heavy atom. The molecule has 0 unspecified atom stereocenters. The predicted molar refractivity (Wildman–Crippen MR) is 117 cm³/mol. The Labute approximate surface area is 174 Å². The lowest BCUT2D eigenvalue weighted by molar-refractivity contribution is 0.262. The Kier molecular flexibility index (Phi) is 5.38. The maximum atomic E-state index is 12.3. The minimum Gasteiger partial charge on any atom is -0.306 e. The van der Waals surface area contributed by atoms with Gasteiger partial charge in [-0.05, 0) is 37.1 Å². The summed E-state index contributed by atoms with van der Waals surface area (Å²) in [7, 11) is 0. The average Bonchev–Trinajstić information content (AvgIpc) is 3.11. The molecule has 0 aliphatic rings. The number of hydrogen-bond donors (Lipinski definition) is 2. The summed E-state index contributed by atoms with van der Waals surface area (Å²) in [6.45, 7) is 7.09. The zero-order valence-electron chi connectivity index (χ0n) is 17.1. The number of hydrogen-bond acceptors (Lipinski definition) is 5. The Morgan fingerprint density at radius 3 is 2.70 bits per heavy atom. The molecule has 2 amide bonds. The summed E-state index contributed by atoms with van der Waals surface area (Å²) in [6, 6.07) is 9.28. The van der Waals surface area contributed by atoms with Crippen molar-refractivity contribution in [2.24, 2.45) is 5.92 Å². The van der Waals surface area contributed by atoms with Crippen molar-refractivity contribution in [3.63, 3.8) is 0 Å². The van der Waals surface area contributed by atoms with E-state index in [-0.39, 0.29) is 0 Å². The topological polar surface area (TPSA) is 97.6 Å². The number of rotatable bonds is 5. The maximum absolute atomic E-state index is 12.3. The highest BCUT2D eigenvalue weighted by molar-refractivity contribution is 5.99. The molecular weight excluding hydrogens is 378 g/mol. The third kappa shape index (κ3) is 4.43. The monoisotopic (exact) mass is 401 g/mol. The van der Waals surface area contributed by atoms with Gasteiger partial charge in [-0.15, -0.1) is 0 Å². The standard InChI is InChI=1S/C22H23N7O/c1-14(2)13-29-20-7-5-16(8-17(20)9-25-29)19-11-23-12-21(27-19)28-22(30)26-18-6-4-15(3)24-10-18/h4-12,14H,13H2,1-3H3,(H2,26,27,28,30). The summed E-state index contributed by atoms with van der Waals surface area (Å²) in [5.41, 5.74) is 4.15. The maximum Gasteiger partial charge on any atom is 0.324 e. The van der Waals surface area contributed by atoms with Gasteiger partial charge in [-0.2, -0.15) is 5.10 Å². The van der Waals surface area contributed by atoms with Gasteiger partial charge < -0.3 is 5.32 Å². The number of aryl methyl sites for hydroxylation is 1. The van der Waals surface area contributed by atoms with Crippen molar-refractivity contribution >= 4 is 28.4 Å². The summed E-state index contributed by atoms with van der Waals surface area (Å²) in [5, 5.41) is 11.0. The number of aromatic nitrogens is 5. The van der Waals surface area contributed by atoms with Crippen LogP contribution < -0.4 is 10.6 Å². The highest BCUT2D eigenvalue weighted by atomic mass is 16.2. The molecule has 8 nitrogen and oxygen atoms in total. The second-order valence-electron chi connectivity index (χ2n) is 7.55. The number of carbonyl (C=O) groups excluding carboxylic acids is 1. The van der Waals surface area contributed by atoms with Gasteiger partial charge >= 0.3 is 6.03 Å². The van der Waals surface area contributed by atoms with Gasteiger partial charge in [-0.3, -0.25) is 20.0 Å². The van der Waals surface area contributed by atoms with Crippen molar-refractivity contribution in [1.29, 1.82) is 0 Å². The van der Waals surface area contributed by atoms with E-state index in [1.54, 1.807) is 18.5 Å². The molecule has 30 heavy (non-hydrogen) atoms. The van der Waals surface area contributed by atoms with Gasteiger partial charge in [0, 0.05) is 23.2 Å². The number of amides is 2. The van der Waals surface area contributed by atoms with Crippen LogP contribution in [0.4, 0.5) is 16.3 Å². The number of benzene rings is 1. The molecule has 1 aromatic carbocycles. The molecule has 0 saturated heterocycles. The van der Waals surface area contributed by atoms with Crippen molar-refractivity contribution in [3.8, 4) is 11.3 Å². The van der Waals surface area contributed by atoms with Crippen molar-refractivity contribution < 1.29 is 4.79 Å². The molecule has 3 heterocycles. The zero-order chi connectivity index (χ0) is 21.1. The number of pyridine rings is 1. The summed E-state index contributed by atoms with van der Waals surface area (Å²) in [4.78, 5) is 25.2. The molecular formula is C22H23N7O. The molecule has 0 aliphatic carbocycles. The Bertz CT molecular complexity index is 1180. The third-order valence-electron chi connectivity index (χ3n) is 4.52. The Hall–Kier alpha value is -3.81. The molecule has 4 aromatic rings. The van der Waals surface area contributed by atoms with E-state index in [0.29, 0.717) is 23.1 Å². The zero-order valence-corrected chi connectivity index (χ0v) is 17.1. The second kappa shape index (κ2) is 8.28. The van der Waals surface area contributed by atoms with Crippen LogP contribution in [0, 0.1) is 12.8 Å². The molecule has 4 rings (SSSR count). The van der Waals surface area contributed by atoms with Crippen LogP contribution in [0.2, 0.25) is 0 Å². The molecule has 8 heteroatoms. The first kappa shape index (κ1) is 19.5. The first-order valence-corrected chi connectivity index (χ1v) is 9.76. The number of carbonyl (C=O) groups is 1. The van der Waals surface area contributed by atoms with Gasteiger partial charge in [0.15, 0.2) is 5.82 Å². The van der Waals surface area contributed by atoms with Gasteiger partial charge in [-0.25, -0.2) is 9.78 Å². The van der Waals surface area contributed by atoms with E-state index in [9.17, 15) is 4.79 Å². The smallest absolute Gasteiger partial charge is 0.306 e. The van der Waals surface area contributed by atoms with Gasteiger partial charge in [0.25, 0.3) is 0 Å². The quantitative estimate of drug-likeness (QED) is 0.513. The van der Waals surface area contributed by atoms with Crippen LogP contribution >= 0.6 is 0 Å². The minimum absolute atomic E-state index is 0.362. The van der Waals surface area contributed by atoms with E-state index in [4.69, 9.17) is 0 Å². The molecule has 152 valence electrons. The predicted octanol–water partition coefficient (Wildman–Crippen LogP) is 4.50. The van der Waals surface area contributed by atoms with Crippen LogP contribution in [0.5, 0.6) is 0 Å². The fourth-order valence-electron chi connectivity index (χ4n) is 3.12. The van der Waals surface area contributed by atoms with Gasteiger partial charge in [0.05, 0.1) is 41.7 Å². The lowest BCUT2D eigenvalue weighted by atomic mass is 10.1. The molecule has 0 spiro atoms. The largest absolute Gasteiger partial charge is 0.324 e. The summed E-state index contributed by atoms with van der Waals surface area (Å²) in [5.74, 6) is 0.879. The molecule has 0 radical (unpaired) electrons. The number of fused-ring (bicyclic) bond motifs is 1. The molecule has 0 atom stereocenters. The fourth-order valence-corrected chi connectivity index (χ4v) is 3.12. The van der Waals surface area contributed by atoms with E-state index >= 15 is 0 Å². The van der Waals surface area contributed by atoms with E-state index in [1.807, 2.05) is 42.1 Å². The highest BCUT2D eigenvalue weighted by Gasteiger charge is 2.09. The lowest BCUT2D eigenvalue weighted by Crippen LogP contribution is -2.20. The summed E-state index contributed by atoms with van der Waals surface area (Å²) < 4.78 is 2.01. The summed E-state index contributed by atoms with van der Waals surface area (Å²) in [6.07, 6.45) is 6.65. The van der Waals surface area contributed by atoms with Gasteiger partial charge in [-0.1, -0.05) is 19.9 Å². The lowest BCUT2D eigenvalue weighted by Gasteiger charge is -2.09. The minimum atomic E-state index is -0.405. The van der Waals surface area contributed by atoms with Crippen LogP contribution in [0.1, 0.15) is 19.5 Å². The van der Waals surface area contributed by atoms with Gasteiger partial charge in [0.1, 0.15) is 0 Å². The van der Waals surface area contributed by atoms with E-state index in [2.05, 4.69) is 44.5 Å². The molecule has 3 aromatic heterocycles. The van der Waals surface area contributed by atoms with Crippen molar-refractivity contribution in [2.75, 3.05) is 10.6 Å². The third-order valence-corrected chi connectivity index (χ3v) is 4.52. The van der Waals surface area contributed by atoms with Crippen molar-refractivity contribution in [3.05, 3.63) is 60.8 Å². The normalized spacial score (nSPS) is 11.1.